The minimum Gasteiger partial charge on any atom is -0.352 e. The number of hydrogen-bond acceptors (Lipinski definition) is 4. The fraction of sp³-hybridized carbons (Fsp3) is 0.643. The molecule has 2 unspecified atom stereocenters. The van der Waals surface area contributed by atoms with Gasteiger partial charge in [-0.2, -0.15) is 5.10 Å². The Balaban J connectivity index is 0.00000176. The maximum atomic E-state index is 12.1. The number of nitrogens with two attached hydrogens (primary N) is 1. The first-order valence-electron chi connectivity index (χ1n) is 7.48. The second-order valence-electron chi connectivity index (χ2n) is 6.03. The Labute approximate surface area is 135 Å². The maximum absolute atomic E-state index is 12.1. The van der Waals surface area contributed by atoms with Crippen molar-refractivity contribution < 1.29 is 9.59 Å². The highest BCUT2D eigenvalue weighted by atomic mass is 35.5. The third-order valence-electron chi connectivity index (χ3n) is 3.99. The molecule has 2 aliphatic rings. The van der Waals surface area contributed by atoms with Gasteiger partial charge >= 0.3 is 0 Å². The van der Waals surface area contributed by atoms with Crippen molar-refractivity contribution in [3.05, 3.63) is 12.4 Å². The van der Waals surface area contributed by atoms with E-state index in [1.54, 1.807) is 12.4 Å². The molecule has 8 heteroatoms. The second kappa shape index (κ2) is 7.11. The fourth-order valence-electron chi connectivity index (χ4n) is 2.66. The molecule has 1 aromatic heterocycles. The molecule has 1 aromatic rings. The third-order valence-corrected chi connectivity index (χ3v) is 3.99. The molecular formula is C14H22ClN5O2. The number of amides is 2. The quantitative estimate of drug-likeness (QED) is 0.739. The molecule has 2 atom stereocenters. The van der Waals surface area contributed by atoms with Crippen LogP contribution in [0.2, 0.25) is 0 Å². The summed E-state index contributed by atoms with van der Waals surface area (Å²) < 4.78 is 1.54. The standard InChI is InChI=1S/C14H21N5O2.ClH/c15-10-2-1-9(5-10)14(21)18-12-6-16-19(7-12)8-13(20)17-11-3-4-11;/h6-7,9-11H,1-5,8,15H2,(H,17,20)(H,18,21);1H. The average Bonchev–Trinajstić information content (AvgIpc) is 2.95. The molecule has 7 nitrogen and oxygen atoms in total. The Morgan fingerprint density at radius 3 is 2.73 bits per heavy atom. The van der Waals surface area contributed by atoms with E-state index in [-0.39, 0.29) is 42.7 Å². The summed E-state index contributed by atoms with van der Waals surface area (Å²) in [6, 6.07) is 0.480. The summed E-state index contributed by atoms with van der Waals surface area (Å²) in [6.07, 6.45) is 7.86. The summed E-state index contributed by atoms with van der Waals surface area (Å²) >= 11 is 0. The molecule has 0 saturated heterocycles. The molecule has 0 spiro atoms. The first kappa shape index (κ1) is 16.8. The SMILES string of the molecule is Cl.NC1CCC(C(=O)Nc2cnn(CC(=O)NC3CC3)c2)C1. The van der Waals surface area contributed by atoms with Crippen LogP contribution in [0.25, 0.3) is 0 Å². The van der Waals surface area contributed by atoms with E-state index in [1.165, 1.54) is 4.68 Å². The maximum Gasteiger partial charge on any atom is 0.241 e. The van der Waals surface area contributed by atoms with Crippen LogP contribution in [-0.4, -0.2) is 33.7 Å². The van der Waals surface area contributed by atoms with E-state index in [2.05, 4.69) is 15.7 Å². The van der Waals surface area contributed by atoms with Crippen molar-refractivity contribution in [1.29, 1.82) is 0 Å². The Morgan fingerprint density at radius 1 is 1.32 bits per heavy atom. The number of nitrogens with one attached hydrogen (secondary N) is 2. The lowest BCUT2D eigenvalue weighted by molar-refractivity contribution is -0.122. The highest BCUT2D eigenvalue weighted by Gasteiger charge is 2.28. The molecule has 122 valence electrons. The van der Waals surface area contributed by atoms with Crippen LogP contribution in [-0.2, 0) is 16.1 Å². The van der Waals surface area contributed by atoms with Gasteiger partial charge in [0.2, 0.25) is 11.8 Å². The van der Waals surface area contributed by atoms with Gasteiger partial charge in [0.15, 0.2) is 0 Å². The Kier molecular flexibility index (Phi) is 5.42. The molecule has 0 bridgehead atoms. The van der Waals surface area contributed by atoms with Crippen LogP contribution in [0.3, 0.4) is 0 Å². The molecule has 3 rings (SSSR count). The normalized spacial score (nSPS) is 23.7. The van der Waals surface area contributed by atoms with Crippen molar-refractivity contribution in [2.24, 2.45) is 11.7 Å². The van der Waals surface area contributed by atoms with Crippen LogP contribution in [0.15, 0.2) is 12.4 Å². The van der Waals surface area contributed by atoms with E-state index in [0.29, 0.717) is 11.7 Å². The number of carbonyl (C=O) groups excluding carboxylic acids is 2. The minimum atomic E-state index is -0.0414. The van der Waals surface area contributed by atoms with E-state index < -0.39 is 0 Å². The van der Waals surface area contributed by atoms with Crippen molar-refractivity contribution in [3.8, 4) is 0 Å². The van der Waals surface area contributed by atoms with Gasteiger partial charge in [0.25, 0.3) is 0 Å². The van der Waals surface area contributed by atoms with Gasteiger partial charge in [-0.3, -0.25) is 14.3 Å². The molecule has 2 aliphatic carbocycles. The van der Waals surface area contributed by atoms with E-state index in [9.17, 15) is 9.59 Å². The number of anilines is 1. The Morgan fingerprint density at radius 2 is 2.09 bits per heavy atom. The van der Waals surface area contributed by atoms with Crippen LogP contribution in [0.4, 0.5) is 5.69 Å². The third kappa shape index (κ3) is 4.45. The van der Waals surface area contributed by atoms with Crippen LogP contribution < -0.4 is 16.4 Å². The van der Waals surface area contributed by atoms with Crippen molar-refractivity contribution in [2.75, 3.05) is 5.32 Å². The Bertz CT molecular complexity index is 543. The lowest BCUT2D eigenvalue weighted by atomic mass is 10.1. The van der Waals surface area contributed by atoms with Crippen molar-refractivity contribution in [2.45, 2.75) is 50.7 Å². The molecule has 0 radical (unpaired) electrons. The summed E-state index contributed by atoms with van der Waals surface area (Å²) in [4.78, 5) is 23.7. The van der Waals surface area contributed by atoms with Gasteiger partial charge in [-0.15, -0.1) is 12.4 Å². The fourth-order valence-corrected chi connectivity index (χ4v) is 2.66. The summed E-state index contributed by atoms with van der Waals surface area (Å²) in [6.45, 7) is 0.181. The second-order valence-corrected chi connectivity index (χ2v) is 6.03. The van der Waals surface area contributed by atoms with E-state index in [1.807, 2.05) is 0 Å². The summed E-state index contributed by atoms with van der Waals surface area (Å²) in [5.41, 5.74) is 6.44. The highest BCUT2D eigenvalue weighted by Crippen LogP contribution is 2.25. The number of hydrogen-bond donors (Lipinski definition) is 3. The van der Waals surface area contributed by atoms with Crippen LogP contribution in [0.5, 0.6) is 0 Å². The Hall–Kier alpha value is -1.60. The zero-order valence-electron chi connectivity index (χ0n) is 12.3. The number of rotatable bonds is 5. The predicted molar refractivity (Wildman–Crippen MR) is 84.6 cm³/mol. The first-order valence-corrected chi connectivity index (χ1v) is 7.48. The molecule has 22 heavy (non-hydrogen) atoms. The van der Waals surface area contributed by atoms with Gasteiger partial charge < -0.3 is 16.4 Å². The molecule has 1 heterocycles. The molecule has 0 aromatic carbocycles. The zero-order valence-corrected chi connectivity index (χ0v) is 13.1. The molecule has 0 aliphatic heterocycles. The van der Waals surface area contributed by atoms with Crippen molar-refractivity contribution >= 4 is 29.9 Å². The van der Waals surface area contributed by atoms with Gasteiger partial charge in [-0.25, -0.2) is 0 Å². The zero-order chi connectivity index (χ0) is 14.8. The monoisotopic (exact) mass is 327 g/mol. The van der Waals surface area contributed by atoms with Gasteiger partial charge in [0, 0.05) is 24.2 Å². The van der Waals surface area contributed by atoms with Gasteiger partial charge in [0.1, 0.15) is 6.54 Å². The first-order chi connectivity index (χ1) is 10.1. The van der Waals surface area contributed by atoms with Gasteiger partial charge in [-0.05, 0) is 32.1 Å². The topological polar surface area (TPSA) is 102 Å². The van der Waals surface area contributed by atoms with Crippen LogP contribution in [0.1, 0.15) is 32.1 Å². The summed E-state index contributed by atoms with van der Waals surface area (Å²) in [5, 5.41) is 9.84. The number of halogens is 1. The highest BCUT2D eigenvalue weighted by molar-refractivity contribution is 5.92. The average molecular weight is 328 g/mol. The summed E-state index contributed by atoms with van der Waals surface area (Å²) in [5.74, 6) is -0.0632. The predicted octanol–water partition coefficient (Wildman–Crippen LogP) is 0.649. The van der Waals surface area contributed by atoms with Crippen molar-refractivity contribution in [1.82, 2.24) is 15.1 Å². The largest absolute Gasteiger partial charge is 0.352 e. The lowest BCUT2D eigenvalue weighted by Gasteiger charge is -2.08. The van der Waals surface area contributed by atoms with Crippen molar-refractivity contribution in [3.63, 3.8) is 0 Å². The number of aromatic nitrogens is 2. The smallest absolute Gasteiger partial charge is 0.241 e. The summed E-state index contributed by atoms with van der Waals surface area (Å²) in [7, 11) is 0. The van der Waals surface area contributed by atoms with E-state index in [4.69, 9.17) is 5.73 Å². The number of carbonyl (C=O) groups is 2. The van der Waals surface area contributed by atoms with Crippen LogP contribution in [0, 0.1) is 5.92 Å². The van der Waals surface area contributed by atoms with Gasteiger partial charge in [0.05, 0.1) is 11.9 Å². The van der Waals surface area contributed by atoms with Gasteiger partial charge in [-0.1, -0.05) is 0 Å². The number of nitrogens with zero attached hydrogens (tertiary/aromatic N) is 2. The molecular weight excluding hydrogens is 306 g/mol. The van der Waals surface area contributed by atoms with Crippen LogP contribution >= 0.6 is 12.4 Å². The minimum absolute atomic E-state index is 0. The molecule has 2 fully saturated rings. The molecule has 2 amide bonds. The molecule has 2 saturated carbocycles. The van der Waals surface area contributed by atoms with E-state index >= 15 is 0 Å². The lowest BCUT2D eigenvalue weighted by Crippen LogP contribution is -2.29. The van der Waals surface area contributed by atoms with E-state index in [0.717, 1.165) is 32.1 Å². The molecule has 4 N–H and O–H groups in total.